The Morgan fingerprint density at radius 1 is 1.44 bits per heavy atom. The molecular weight excluding hydrogens is 204 g/mol. The van der Waals surface area contributed by atoms with E-state index in [9.17, 15) is 0 Å². The van der Waals surface area contributed by atoms with Gasteiger partial charge >= 0.3 is 0 Å². The molecule has 0 bridgehead atoms. The van der Waals surface area contributed by atoms with Crippen molar-refractivity contribution in [3.05, 3.63) is 12.4 Å². The Morgan fingerprint density at radius 3 is 3.06 bits per heavy atom. The van der Waals surface area contributed by atoms with Gasteiger partial charge in [0.05, 0.1) is 19.0 Å². The summed E-state index contributed by atoms with van der Waals surface area (Å²) in [6, 6.07) is 0. The van der Waals surface area contributed by atoms with Crippen LogP contribution >= 0.6 is 0 Å². The molecule has 2 N–H and O–H groups in total. The number of nitrogens with zero attached hydrogens (tertiary/aromatic N) is 2. The number of ether oxygens (including phenoxy) is 1. The highest BCUT2D eigenvalue weighted by molar-refractivity contribution is 5.40. The van der Waals surface area contributed by atoms with Crippen LogP contribution in [0.4, 0.5) is 11.6 Å². The van der Waals surface area contributed by atoms with E-state index >= 15 is 0 Å². The second kappa shape index (κ2) is 5.65. The molecule has 2 heterocycles. The molecule has 1 aliphatic rings. The molecule has 0 spiro atoms. The highest BCUT2D eigenvalue weighted by atomic mass is 16.5. The summed E-state index contributed by atoms with van der Waals surface area (Å²) in [5.41, 5.74) is 0. The molecule has 0 aliphatic carbocycles. The molecular formula is C11H18N4O. The van der Waals surface area contributed by atoms with Gasteiger partial charge in [-0.2, -0.15) is 0 Å². The lowest BCUT2D eigenvalue weighted by atomic mass is 10.0. The zero-order valence-corrected chi connectivity index (χ0v) is 9.57. The summed E-state index contributed by atoms with van der Waals surface area (Å²) in [5.74, 6) is 2.19. The van der Waals surface area contributed by atoms with Crippen molar-refractivity contribution in [2.45, 2.75) is 12.8 Å². The predicted molar refractivity (Wildman–Crippen MR) is 63.6 cm³/mol. The number of hydrogen-bond donors (Lipinski definition) is 2. The normalized spacial score (nSPS) is 20.4. The molecule has 1 saturated heterocycles. The quantitative estimate of drug-likeness (QED) is 0.805. The maximum Gasteiger partial charge on any atom is 0.146 e. The van der Waals surface area contributed by atoms with Crippen molar-refractivity contribution in [3.63, 3.8) is 0 Å². The zero-order valence-electron chi connectivity index (χ0n) is 9.57. The number of aromatic nitrogens is 2. The Morgan fingerprint density at radius 2 is 2.31 bits per heavy atom. The van der Waals surface area contributed by atoms with Gasteiger partial charge in [-0.3, -0.25) is 4.98 Å². The van der Waals surface area contributed by atoms with Gasteiger partial charge in [-0.05, 0) is 18.8 Å². The Labute approximate surface area is 95.6 Å². The topological polar surface area (TPSA) is 59.1 Å². The van der Waals surface area contributed by atoms with E-state index < -0.39 is 0 Å². The van der Waals surface area contributed by atoms with Gasteiger partial charge in [0.25, 0.3) is 0 Å². The van der Waals surface area contributed by atoms with Gasteiger partial charge in [0.1, 0.15) is 11.6 Å². The zero-order chi connectivity index (χ0) is 11.2. The molecule has 88 valence electrons. The van der Waals surface area contributed by atoms with Crippen molar-refractivity contribution >= 4 is 11.6 Å². The lowest BCUT2D eigenvalue weighted by molar-refractivity contribution is 0.0595. The van der Waals surface area contributed by atoms with Crippen LogP contribution in [0.2, 0.25) is 0 Å². The predicted octanol–water partition coefficient (Wildman–Crippen LogP) is 1.36. The summed E-state index contributed by atoms with van der Waals surface area (Å²) >= 11 is 0. The van der Waals surface area contributed by atoms with Crippen molar-refractivity contribution in [2.75, 3.05) is 37.4 Å². The van der Waals surface area contributed by atoms with Crippen LogP contribution in [0.25, 0.3) is 0 Å². The van der Waals surface area contributed by atoms with Crippen LogP contribution in [0, 0.1) is 5.92 Å². The van der Waals surface area contributed by atoms with Gasteiger partial charge in [-0.15, -0.1) is 0 Å². The average Bonchev–Trinajstić information content (AvgIpc) is 2.38. The van der Waals surface area contributed by atoms with E-state index in [1.807, 2.05) is 7.05 Å². The van der Waals surface area contributed by atoms with E-state index in [1.165, 1.54) is 6.42 Å². The molecule has 5 nitrogen and oxygen atoms in total. The maximum atomic E-state index is 5.43. The molecule has 1 aromatic rings. The van der Waals surface area contributed by atoms with Crippen molar-refractivity contribution in [1.82, 2.24) is 9.97 Å². The molecule has 1 aromatic heterocycles. The van der Waals surface area contributed by atoms with E-state index in [-0.39, 0.29) is 0 Å². The molecule has 5 heteroatoms. The van der Waals surface area contributed by atoms with Gasteiger partial charge in [-0.1, -0.05) is 0 Å². The second-order valence-corrected chi connectivity index (χ2v) is 4.00. The van der Waals surface area contributed by atoms with Crippen molar-refractivity contribution in [2.24, 2.45) is 5.92 Å². The summed E-state index contributed by atoms with van der Waals surface area (Å²) in [4.78, 5) is 8.45. The van der Waals surface area contributed by atoms with Crippen LogP contribution in [-0.4, -0.2) is 36.8 Å². The third-order valence-corrected chi connectivity index (χ3v) is 2.72. The molecule has 0 saturated carbocycles. The highest BCUT2D eigenvalue weighted by Crippen LogP contribution is 2.14. The van der Waals surface area contributed by atoms with E-state index in [0.717, 1.165) is 37.8 Å². The van der Waals surface area contributed by atoms with E-state index in [4.69, 9.17) is 4.74 Å². The summed E-state index contributed by atoms with van der Waals surface area (Å²) < 4.78 is 5.43. The highest BCUT2D eigenvalue weighted by Gasteiger charge is 2.13. The lowest BCUT2D eigenvalue weighted by Gasteiger charge is -2.22. The Hall–Kier alpha value is -1.36. The summed E-state index contributed by atoms with van der Waals surface area (Å²) in [5, 5.41) is 6.26. The minimum Gasteiger partial charge on any atom is -0.381 e. The van der Waals surface area contributed by atoms with Crippen molar-refractivity contribution in [1.29, 1.82) is 0 Å². The van der Waals surface area contributed by atoms with Gasteiger partial charge in [0.15, 0.2) is 0 Å². The Balaban J connectivity index is 1.83. The van der Waals surface area contributed by atoms with Gasteiger partial charge in [-0.25, -0.2) is 4.98 Å². The molecule has 1 fully saturated rings. The van der Waals surface area contributed by atoms with Crippen LogP contribution in [0.5, 0.6) is 0 Å². The number of rotatable bonds is 4. The first-order valence-corrected chi connectivity index (χ1v) is 5.70. The molecule has 1 unspecified atom stereocenters. The minimum atomic E-state index is 0.591. The fourth-order valence-corrected chi connectivity index (χ4v) is 1.79. The van der Waals surface area contributed by atoms with Gasteiger partial charge in [0, 0.05) is 20.2 Å². The molecule has 1 aliphatic heterocycles. The standard InChI is InChI=1S/C11H18N4O/c1-12-10-6-13-7-11(15-10)14-5-9-3-2-4-16-8-9/h6-7,9H,2-5,8H2,1H3,(H2,12,14,15). The SMILES string of the molecule is CNc1cncc(NCC2CCCOC2)n1. The molecule has 2 rings (SSSR count). The van der Waals surface area contributed by atoms with Crippen LogP contribution in [0.3, 0.4) is 0 Å². The fraction of sp³-hybridized carbons (Fsp3) is 0.636. The monoisotopic (exact) mass is 222 g/mol. The van der Waals surface area contributed by atoms with Crippen LogP contribution in [0.1, 0.15) is 12.8 Å². The molecule has 16 heavy (non-hydrogen) atoms. The number of hydrogen-bond acceptors (Lipinski definition) is 5. The van der Waals surface area contributed by atoms with Gasteiger partial charge < -0.3 is 15.4 Å². The van der Waals surface area contributed by atoms with Crippen molar-refractivity contribution < 1.29 is 4.74 Å². The van der Waals surface area contributed by atoms with Crippen LogP contribution in [0.15, 0.2) is 12.4 Å². The van der Waals surface area contributed by atoms with E-state index in [0.29, 0.717) is 5.92 Å². The summed E-state index contributed by atoms with van der Waals surface area (Å²) in [6.07, 6.45) is 5.83. The first kappa shape index (κ1) is 11.1. The fourth-order valence-electron chi connectivity index (χ4n) is 1.79. The van der Waals surface area contributed by atoms with Crippen molar-refractivity contribution in [3.8, 4) is 0 Å². The smallest absolute Gasteiger partial charge is 0.146 e. The average molecular weight is 222 g/mol. The minimum absolute atomic E-state index is 0.591. The number of nitrogens with one attached hydrogen (secondary N) is 2. The summed E-state index contributed by atoms with van der Waals surface area (Å²) in [7, 11) is 1.84. The first-order valence-electron chi connectivity index (χ1n) is 5.70. The van der Waals surface area contributed by atoms with Crippen LogP contribution in [-0.2, 0) is 4.74 Å². The Bertz CT molecular complexity index is 326. The van der Waals surface area contributed by atoms with E-state index in [1.54, 1.807) is 12.4 Å². The maximum absolute atomic E-state index is 5.43. The lowest BCUT2D eigenvalue weighted by Crippen LogP contribution is -2.24. The molecule has 0 aromatic carbocycles. The summed E-state index contributed by atoms with van der Waals surface area (Å²) in [6.45, 7) is 2.67. The molecule has 1 atom stereocenters. The number of anilines is 2. The molecule has 0 amide bonds. The third-order valence-electron chi connectivity index (χ3n) is 2.72. The first-order chi connectivity index (χ1) is 7.88. The largest absolute Gasteiger partial charge is 0.381 e. The van der Waals surface area contributed by atoms with Gasteiger partial charge in [0.2, 0.25) is 0 Å². The third kappa shape index (κ3) is 3.06. The van der Waals surface area contributed by atoms with E-state index in [2.05, 4.69) is 20.6 Å². The molecule has 0 radical (unpaired) electrons. The second-order valence-electron chi connectivity index (χ2n) is 4.00. The Kier molecular flexibility index (Phi) is 3.93. The van der Waals surface area contributed by atoms with Crippen LogP contribution < -0.4 is 10.6 Å².